The highest BCUT2D eigenvalue weighted by Crippen LogP contribution is 2.37. The fourth-order valence-electron chi connectivity index (χ4n) is 2.85. The second kappa shape index (κ2) is 5.58. The van der Waals surface area contributed by atoms with Crippen molar-refractivity contribution in [1.29, 1.82) is 0 Å². The summed E-state index contributed by atoms with van der Waals surface area (Å²) in [7, 11) is 2.00. The van der Waals surface area contributed by atoms with Crippen LogP contribution in [0.4, 0.5) is 0 Å². The lowest BCUT2D eigenvalue weighted by molar-refractivity contribution is 0.420. The largest absolute Gasteiger partial charge is 0.316 e. The van der Waals surface area contributed by atoms with Gasteiger partial charge in [0.05, 0.1) is 0 Å². The maximum absolute atomic E-state index is 3.25. The van der Waals surface area contributed by atoms with E-state index in [2.05, 4.69) is 53.8 Å². The van der Waals surface area contributed by atoms with Gasteiger partial charge >= 0.3 is 0 Å². The van der Waals surface area contributed by atoms with E-state index in [1.165, 1.54) is 41.5 Å². The molecule has 0 aromatic heterocycles. The maximum Gasteiger partial charge on any atom is 0.0208 e. The summed E-state index contributed by atoms with van der Waals surface area (Å²) in [6, 6.07) is 17.8. The van der Waals surface area contributed by atoms with Crippen LogP contribution in [0, 0.1) is 0 Å². The molecule has 1 fully saturated rings. The van der Waals surface area contributed by atoms with Gasteiger partial charge in [-0.25, -0.2) is 0 Å². The summed E-state index contributed by atoms with van der Waals surface area (Å²) in [6.45, 7) is 0.920. The van der Waals surface area contributed by atoms with Gasteiger partial charge in [-0.1, -0.05) is 55.0 Å². The molecule has 0 spiro atoms. The predicted octanol–water partition coefficient (Wildman–Crippen LogP) is 4.34. The highest BCUT2D eigenvalue weighted by Gasteiger charge is 2.19. The van der Waals surface area contributed by atoms with E-state index in [4.69, 9.17) is 0 Å². The van der Waals surface area contributed by atoms with Gasteiger partial charge in [-0.3, -0.25) is 0 Å². The summed E-state index contributed by atoms with van der Waals surface area (Å²) < 4.78 is 0. The normalized spacial score (nSPS) is 15.2. The van der Waals surface area contributed by atoms with Gasteiger partial charge in [-0.2, -0.15) is 0 Å². The van der Waals surface area contributed by atoms with Gasteiger partial charge in [0.1, 0.15) is 0 Å². The highest BCUT2D eigenvalue weighted by molar-refractivity contribution is 5.68. The zero-order valence-electron chi connectivity index (χ0n) is 11.5. The Bertz CT molecular complexity index is 555. The van der Waals surface area contributed by atoms with Gasteiger partial charge < -0.3 is 5.32 Å². The Hall–Kier alpha value is -1.60. The minimum atomic E-state index is 0.802. The minimum Gasteiger partial charge on any atom is -0.316 e. The molecule has 0 radical (unpaired) electrons. The second-order valence-electron chi connectivity index (χ2n) is 5.44. The molecule has 2 aromatic carbocycles. The minimum absolute atomic E-state index is 0.802. The monoisotopic (exact) mass is 251 g/mol. The maximum atomic E-state index is 3.25. The van der Waals surface area contributed by atoms with E-state index in [0.29, 0.717) is 0 Å². The highest BCUT2D eigenvalue weighted by atomic mass is 14.8. The first kappa shape index (κ1) is 12.4. The third-order valence-electron chi connectivity index (χ3n) is 4.16. The SMILES string of the molecule is CNCc1ccccc1-c1cccc(C2CCC2)c1. The van der Waals surface area contributed by atoms with Crippen molar-refractivity contribution in [1.82, 2.24) is 5.32 Å². The first-order valence-corrected chi connectivity index (χ1v) is 7.21. The van der Waals surface area contributed by atoms with Crippen LogP contribution < -0.4 is 5.32 Å². The Kier molecular flexibility index (Phi) is 3.65. The number of benzene rings is 2. The number of nitrogens with one attached hydrogen (secondary N) is 1. The quantitative estimate of drug-likeness (QED) is 0.852. The molecule has 0 amide bonds. The van der Waals surface area contributed by atoms with Crippen molar-refractivity contribution in [2.75, 3.05) is 7.05 Å². The lowest BCUT2D eigenvalue weighted by Gasteiger charge is -2.26. The average Bonchev–Trinajstić information content (AvgIpc) is 2.38. The molecule has 19 heavy (non-hydrogen) atoms. The first-order valence-electron chi connectivity index (χ1n) is 7.21. The van der Waals surface area contributed by atoms with Gasteiger partial charge in [0.15, 0.2) is 0 Å². The molecule has 2 aromatic rings. The Morgan fingerprint density at radius 3 is 2.63 bits per heavy atom. The van der Waals surface area contributed by atoms with Gasteiger partial charge in [0.25, 0.3) is 0 Å². The molecule has 0 aliphatic heterocycles. The predicted molar refractivity (Wildman–Crippen MR) is 81.2 cm³/mol. The van der Waals surface area contributed by atoms with Crippen LogP contribution in [0.1, 0.15) is 36.3 Å². The molecule has 0 unspecified atom stereocenters. The van der Waals surface area contributed by atoms with Gasteiger partial charge in [0.2, 0.25) is 0 Å². The smallest absolute Gasteiger partial charge is 0.0208 e. The summed E-state index contributed by atoms with van der Waals surface area (Å²) in [5.74, 6) is 0.802. The number of hydrogen-bond donors (Lipinski definition) is 1. The molecule has 0 atom stereocenters. The van der Waals surface area contributed by atoms with Crippen LogP contribution in [0.3, 0.4) is 0 Å². The van der Waals surface area contributed by atoms with Crippen LogP contribution in [0.2, 0.25) is 0 Å². The fourth-order valence-corrected chi connectivity index (χ4v) is 2.85. The molecule has 0 bridgehead atoms. The fraction of sp³-hybridized carbons (Fsp3) is 0.333. The van der Waals surface area contributed by atoms with Crippen LogP contribution in [-0.2, 0) is 6.54 Å². The molecule has 0 heterocycles. The lowest BCUT2D eigenvalue weighted by atomic mass is 9.79. The van der Waals surface area contributed by atoms with Crippen LogP contribution in [0.15, 0.2) is 48.5 Å². The number of rotatable bonds is 4. The van der Waals surface area contributed by atoms with Gasteiger partial charge in [-0.05, 0) is 48.1 Å². The molecule has 1 saturated carbocycles. The Morgan fingerprint density at radius 1 is 1.05 bits per heavy atom. The van der Waals surface area contributed by atoms with E-state index in [1.807, 2.05) is 7.05 Å². The van der Waals surface area contributed by atoms with Crippen molar-refractivity contribution in [3.63, 3.8) is 0 Å². The molecule has 1 heteroatoms. The Balaban J connectivity index is 1.97. The van der Waals surface area contributed by atoms with Crippen molar-refractivity contribution in [3.05, 3.63) is 59.7 Å². The topological polar surface area (TPSA) is 12.0 Å². The third kappa shape index (κ3) is 2.57. The summed E-state index contributed by atoms with van der Waals surface area (Å²) in [5, 5.41) is 3.25. The Morgan fingerprint density at radius 2 is 1.89 bits per heavy atom. The third-order valence-corrected chi connectivity index (χ3v) is 4.16. The van der Waals surface area contributed by atoms with Crippen molar-refractivity contribution in [2.24, 2.45) is 0 Å². The van der Waals surface area contributed by atoms with E-state index >= 15 is 0 Å². The molecule has 1 nitrogen and oxygen atoms in total. The van der Waals surface area contributed by atoms with Crippen LogP contribution in [0.25, 0.3) is 11.1 Å². The zero-order chi connectivity index (χ0) is 13.1. The van der Waals surface area contributed by atoms with E-state index in [1.54, 1.807) is 0 Å². The molecule has 1 aliphatic rings. The van der Waals surface area contributed by atoms with Gasteiger partial charge in [0, 0.05) is 6.54 Å². The van der Waals surface area contributed by atoms with E-state index in [9.17, 15) is 0 Å². The van der Waals surface area contributed by atoms with Crippen molar-refractivity contribution in [2.45, 2.75) is 31.7 Å². The standard InChI is InChI=1S/C18H21N/c1-19-13-17-6-2-3-11-18(17)16-10-5-9-15(12-16)14-7-4-8-14/h2-3,5-6,9-12,14,19H,4,7-8,13H2,1H3. The molecule has 1 N–H and O–H groups in total. The van der Waals surface area contributed by atoms with E-state index < -0.39 is 0 Å². The van der Waals surface area contributed by atoms with Crippen molar-refractivity contribution < 1.29 is 0 Å². The first-order chi connectivity index (χ1) is 9.38. The lowest BCUT2D eigenvalue weighted by Crippen LogP contribution is -2.09. The second-order valence-corrected chi connectivity index (χ2v) is 5.44. The molecule has 0 saturated heterocycles. The van der Waals surface area contributed by atoms with Crippen LogP contribution in [0.5, 0.6) is 0 Å². The summed E-state index contributed by atoms with van der Waals surface area (Å²) in [4.78, 5) is 0. The summed E-state index contributed by atoms with van der Waals surface area (Å²) >= 11 is 0. The van der Waals surface area contributed by atoms with Crippen LogP contribution in [-0.4, -0.2) is 7.05 Å². The summed E-state index contributed by atoms with van der Waals surface area (Å²) in [5.41, 5.74) is 5.60. The molecular weight excluding hydrogens is 230 g/mol. The summed E-state index contributed by atoms with van der Waals surface area (Å²) in [6.07, 6.45) is 4.12. The Labute approximate surface area is 115 Å². The van der Waals surface area contributed by atoms with Crippen molar-refractivity contribution >= 4 is 0 Å². The molecular formula is C18H21N. The molecule has 1 aliphatic carbocycles. The number of hydrogen-bond acceptors (Lipinski definition) is 1. The molecule has 98 valence electrons. The average molecular weight is 251 g/mol. The van der Waals surface area contributed by atoms with Crippen molar-refractivity contribution in [3.8, 4) is 11.1 Å². The van der Waals surface area contributed by atoms with E-state index in [0.717, 1.165) is 12.5 Å². The molecule has 3 rings (SSSR count). The van der Waals surface area contributed by atoms with Crippen LogP contribution >= 0.6 is 0 Å². The van der Waals surface area contributed by atoms with Gasteiger partial charge in [-0.15, -0.1) is 0 Å². The van der Waals surface area contributed by atoms with E-state index in [-0.39, 0.29) is 0 Å². The zero-order valence-corrected chi connectivity index (χ0v) is 11.5.